The molecule has 0 saturated carbocycles. The van der Waals surface area contributed by atoms with Gasteiger partial charge in [-0.25, -0.2) is 13.4 Å². The number of fused-ring (bicyclic) bond motifs is 1. The van der Waals surface area contributed by atoms with Crippen molar-refractivity contribution in [1.82, 2.24) is 4.98 Å². The molecule has 6 nitrogen and oxygen atoms in total. The Morgan fingerprint density at radius 3 is 2.43 bits per heavy atom. The van der Waals surface area contributed by atoms with Crippen LogP contribution in [0.25, 0.3) is 0 Å². The Morgan fingerprint density at radius 1 is 1.07 bits per heavy atom. The molecule has 1 amide bonds. The molecule has 1 aliphatic rings. The fraction of sp³-hybridized carbons (Fsp3) is 0.273. The maximum atomic E-state index is 13.1. The molecule has 0 aliphatic heterocycles. The van der Waals surface area contributed by atoms with Crippen molar-refractivity contribution in [3.8, 4) is 0 Å². The van der Waals surface area contributed by atoms with Crippen LogP contribution in [0.4, 0.5) is 10.8 Å². The van der Waals surface area contributed by atoms with Gasteiger partial charge in [0.1, 0.15) is 0 Å². The summed E-state index contributed by atoms with van der Waals surface area (Å²) in [5.74, 6) is -0.291. The number of sulfonamides is 1. The second-order valence-electron chi connectivity index (χ2n) is 7.08. The van der Waals surface area contributed by atoms with Gasteiger partial charge in [0.25, 0.3) is 15.9 Å². The zero-order valence-electron chi connectivity index (χ0n) is 16.7. The second kappa shape index (κ2) is 8.57. The molecule has 0 atom stereocenters. The number of aryl methyl sites for hydroxylation is 2. The third kappa shape index (κ3) is 4.11. The fourth-order valence-electron chi connectivity index (χ4n) is 3.57. The van der Waals surface area contributed by atoms with Crippen LogP contribution in [0, 0.1) is 0 Å². The van der Waals surface area contributed by atoms with Gasteiger partial charge in [-0.2, -0.15) is 0 Å². The van der Waals surface area contributed by atoms with E-state index in [2.05, 4.69) is 10.3 Å². The molecule has 30 heavy (non-hydrogen) atoms. The van der Waals surface area contributed by atoms with Crippen LogP contribution in [0.1, 0.15) is 40.7 Å². The van der Waals surface area contributed by atoms with Crippen molar-refractivity contribution in [2.45, 2.75) is 37.5 Å². The van der Waals surface area contributed by atoms with Crippen LogP contribution in [0.5, 0.6) is 0 Å². The van der Waals surface area contributed by atoms with Crippen molar-refractivity contribution in [2.75, 3.05) is 16.2 Å². The van der Waals surface area contributed by atoms with Gasteiger partial charge >= 0.3 is 0 Å². The molecule has 4 rings (SSSR count). The first-order valence-corrected chi connectivity index (χ1v) is 12.2. The van der Waals surface area contributed by atoms with Crippen LogP contribution < -0.4 is 9.62 Å². The summed E-state index contributed by atoms with van der Waals surface area (Å²) in [6.07, 6.45) is 4.28. The highest BCUT2D eigenvalue weighted by Gasteiger charge is 2.24. The number of amides is 1. The van der Waals surface area contributed by atoms with Crippen LogP contribution in [-0.4, -0.2) is 25.9 Å². The smallest absolute Gasteiger partial charge is 0.264 e. The highest BCUT2D eigenvalue weighted by Crippen LogP contribution is 2.30. The maximum absolute atomic E-state index is 13.1. The number of anilines is 2. The Kier molecular flexibility index (Phi) is 5.87. The molecule has 3 aromatic rings. The van der Waals surface area contributed by atoms with Gasteiger partial charge in [0.15, 0.2) is 5.13 Å². The van der Waals surface area contributed by atoms with E-state index in [0.29, 0.717) is 22.9 Å². The number of nitrogens with zero attached hydrogens (tertiary/aromatic N) is 2. The minimum absolute atomic E-state index is 0.148. The molecule has 8 heteroatoms. The van der Waals surface area contributed by atoms with Crippen molar-refractivity contribution >= 4 is 38.1 Å². The van der Waals surface area contributed by atoms with Gasteiger partial charge in [-0.1, -0.05) is 18.2 Å². The van der Waals surface area contributed by atoms with Crippen molar-refractivity contribution in [2.24, 2.45) is 0 Å². The predicted molar refractivity (Wildman–Crippen MR) is 120 cm³/mol. The Balaban J connectivity index is 1.51. The lowest BCUT2D eigenvalue weighted by Gasteiger charge is -2.22. The van der Waals surface area contributed by atoms with E-state index in [9.17, 15) is 13.2 Å². The molecule has 156 valence electrons. The first-order valence-electron chi connectivity index (χ1n) is 9.97. The van der Waals surface area contributed by atoms with Crippen LogP contribution in [0.2, 0.25) is 0 Å². The summed E-state index contributed by atoms with van der Waals surface area (Å²) < 4.78 is 27.5. The average Bonchev–Trinajstić information content (AvgIpc) is 3.17. The van der Waals surface area contributed by atoms with E-state index in [-0.39, 0.29) is 10.8 Å². The van der Waals surface area contributed by atoms with E-state index in [1.165, 1.54) is 44.8 Å². The van der Waals surface area contributed by atoms with Crippen LogP contribution in [0.15, 0.2) is 59.5 Å². The third-order valence-electron chi connectivity index (χ3n) is 5.10. The number of hydrogen-bond acceptors (Lipinski definition) is 5. The van der Waals surface area contributed by atoms with E-state index in [1.807, 2.05) is 6.07 Å². The van der Waals surface area contributed by atoms with Crippen molar-refractivity contribution in [3.63, 3.8) is 0 Å². The molecule has 1 heterocycles. The molecular weight excluding hydrogens is 418 g/mol. The summed E-state index contributed by atoms with van der Waals surface area (Å²) in [5, 5.41) is 3.44. The third-order valence-corrected chi connectivity index (χ3v) is 8.09. The average molecular weight is 442 g/mol. The molecule has 0 unspecified atom stereocenters. The number of para-hydroxylation sites is 1. The SMILES string of the molecule is CCN(c1ccccc1)S(=O)(=O)c1ccc(C(=O)Nc2nc3c(s2)CCCC3)cc1. The Hall–Kier alpha value is -2.71. The lowest BCUT2D eigenvalue weighted by molar-refractivity contribution is 0.102. The Morgan fingerprint density at radius 2 is 1.77 bits per heavy atom. The minimum atomic E-state index is -3.72. The van der Waals surface area contributed by atoms with E-state index in [0.717, 1.165) is 31.4 Å². The first kappa shape index (κ1) is 20.6. The van der Waals surface area contributed by atoms with Crippen molar-refractivity contribution in [3.05, 3.63) is 70.7 Å². The summed E-state index contributed by atoms with van der Waals surface area (Å²) in [6.45, 7) is 2.10. The van der Waals surface area contributed by atoms with E-state index in [4.69, 9.17) is 0 Å². The van der Waals surface area contributed by atoms with E-state index >= 15 is 0 Å². The number of hydrogen-bond donors (Lipinski definition) is 1. The van der Waals surface area contributed by atoms with Crippen LogP contribution in [0.3, 0.4) is 0 Å². The molecule has 1 aliphatic carbocycles. The van der Waals surface area contributed by atoms with Gasteiger partial charge in [-0.3, -0.25) is 14.4 Å². The number of nitrogens with one attached hydrogen (secondary N) is 1. The molecule has 0 spiro atoms. The summed E-state index contributed by atoms with van der Waals surface area (Å²) in [5.41, 5.74) is 2.09. The quantitative estimate of drug-likeness (QED) is 0.611. The molecule has 1 N–H and O–H groups in total. The zero-order valence-corrected chi connectivity index (χ0v) is 18.3. The van der Waals surface area contributed by atoms with Gasteiger partial charge in [-0.05, 0) is 69.0 Å². The number of carbonyl (C=O) groups is 1. The number of rotatable bonds is 6. The van der Waals surface area contributed by atoms with Crippen molar-refractivity contribution in [1.29, 1.82) is 0 Å². The molecule has 0 fully saturated rings. The molecule has 2 aromatic carbocycles. The maximum Gasteiger partial charge on any atom is 0.264 e. The number of carbonyl (C=O) groups excluding carboxylic acids is 1. The monoisotopic (exact) mass is 441 g/mol. The van der Waals surface area contributed by atoms with Gasteiger partial charge in [0, 0.05) is 17.0 Å². The lowest BCUT2D eigenvalue weighted by atomic mass is 10.0. The predicted octanol–water partition coefficient (Wildman–Crippen LogP) is 4.49. The molecule has 1 aromatic heterocycles. The van der Waals surface area contributed by atoms with E-state index in [1.54, 1.807) is 31.2 Å². The second-order valence-corrected chi connectivity index (χ2v) is 10.0. The molecule has 0 bridgehead atoms. The van der Waals surface area contributed by atoms with E-state index < -0.39 is 10.0 Å². The number of benzene rings is 2. The van der Waals surface area contributed by atoms with Crippen LogP contribution >= 0.6 is 11.3 Å². The zero-order chi connectivity index (χ0) is 21.1. The van der Waals surface area contributed by atoms with Gasteiger partial charge in [0.05, 0.1) is 16.3 Å². The summed E-state index contributed by atoms with van der Waals surface area (Å²) in [4.78, 5) is 18.5. The van der Waals surface area contributed by atoms with Gasteiger partial charge in [-0.15, -0.1) is 11.3 Å². The largest absolute Gasteiger partial charge is 0.298 e. The Labute approximate surface area is 180 Å². The summed E-state index contributed by atoms with van der Waals surface area (Å²) in [6, 6.07) is 15.0. The fourth-order valence-corrected chi connectivity index (χ4v) is 6.08. The summed E-state index contributed by atoms with van der Waals surface area (Å²) in [7, 11) is -3.72. The molecule has 0 saturated heterocycles. The Bertz CT molecular complexity index is 1120. The lowest BCUT2D eigenvalue weighted by Crippen LogP contribution is -2.30. The summed E-state index contributed by atoms with van der Waals surface area (Å²) >= 11 is 1.52. The highest BCUT2D eigenvalue weighted by atomic mass is 32.2. The highest BCUT2D eigenvalue weighted by molar-refractivity contribution is 7.92. The minimum Gasteiger partial charge on any atom is -0.298 e. The normalized spacial score (nSPS) is 13.5. The standard InChI is InChI=1S/C22H23N3O3S2/c1-2-25(17-8-4-3-5-9-17)30(27,28)18-14-12-16(13-15-18)21(26)24-22-23-19-10-6-7-11-20(19)29-22/h3-5,8-9,12-15H,2,6-7,10-11H2,1H3,(H,23,24,26). The molecule has 0 radical (unpaired) electrons. The topological polar surface area (TPSA) is 79.4 Å². The number of aromatic nitrogens is 1. The van der Waals surface area contributed by atoms with Gasteiger partial charge < -0.3 is 0 Å². The first-order chi connectivity index (χ1) is 14.5. The number of thiazole rings is 1. The van der Waals surface area contributed by atoms with Crippen LogP contribution in [-0.2, 0) is 22.9 Å². The molecular formula is C22H23N3O3S2. The van der Waals surface area contributed by atoms with Gasteiger partial charge in [0.2, 0.25) is 0 Å². The van der Waals surface area contributed by atoms with Crippen molar-refractivity contribution < 1.29 is 13.2 Å².